The standard InChI is InChI=1S/C18H22ClFN4O/c1-12-21-17(19)10-18(22-12)23-14-5-7-24(8-6-14)11-13-3-4-16(25-2)15(20)9-13/h3-4,9-10,14H,5-8,11H2,1-2H3,(H,21,22,23). The second-order valence-corrected chi connectivity index (χ2v) is 6.67. The summed E-state index contributed by atoms with van der Waals surface area (Å²) in [4.78, 5) is 10.8. The van der Waals surface area contributed by atoms with Gasteiger partial charge in [0, 0.05) is 31.7 Å². The highest BCUT2D eigenvalue weighted by Crippen LogP contribution is 2.21. The Morgan fingerprint density at radius 2 is 2.04 bits per heavy atom. The average molecular weight is 365 g/mol. The summed E-state index contributed by atoms with van der Waals surface area (Å²) in [5, 5.41) is 3.89. The summed E-state index contributed by atoms with van der Waals surface area (Å²) in [6, 6.07) is 7.25. The van der Waals surface area contributed by atoms with E-state index in [1.54, 1.807) is 18.2 Å². The van der Waals surface area contributed by atoms with Gasteiger partial charge in [0.15, 0.2) is 11.6 Å². The third-order valence-corrected chi connectivity index (χ3v) is 4.56. The minimum Gasteiger partial charge on any atom is -0.494 e. The predicted octanol–water partition coefficient (Wildman–Crippen LogP) is 3.66. The van der Waals surface area contributed by atoms with Crippen LogP contribution in [0.2, 0.25) is 5.15 Å². The SMILES string of the molecule is COc1ccc(CN2CCC(Nc3cc(Cl)nc(C)n3)CC2)cc1F. The zero-order valence-electron chi connectivity index (χ0n) is 14.4. The van der Waals surface area contributed by atoms with Crippen LogP contribution in [-0.2, 0) is 6.54 Å². The summed E-state index contributed by atoms with van der Waals surface area (Å²) in [5.41, 5.74) is 0.961. The Bertz CT molecular complexity index is 715. The zero-order valence-corrected chi connectivity index (χ0v) is 15.2. The molecular formula is C18H22ClFN4O. The maximum atomic E-state index is 13.8. The molecule has 0 spiro atoms. The monoisotopic (exact) mass is 364 g/mol. The van der Waals surface area contributed by atoms with Crippen molar-refractivity contribution in [2.24, 2.45) is 0 Å². The lowest BCUT2D eigenvalue weighted by Crippen LogP contribution is -2.38. The molecule has 3 rings (SSSR count). The number of benzene rings is 1. The number of nitrogens with one attached hydrogen (secondary N) is 1. The molecule has 0 radical (unpaired) electrons. The van der Waals surface area contributed by atoms with Gasteiger partial charge in [-0.2, -0.15) is 0 Å². The molecule has 0 aliphatic carbocycles. The van der Waals surface area contributed by atoms with Gasteiger partial charge in [0.05, 0.1) is 7.11 Å². The predicted molar refractivity (Wildman–Crippen MR) is 96.7 cm³/mol. The van der Waals surface area contributed by atoms with Gasteiger partial charge in [-0.15, -0.1) is 0 Å². The molecule has 0 amide bonds. The molecule has 1 aliphatic rings. The Kier molecular flexibility index (Phi) is 5.71. The molecule has 1 N–H and O–H groups in total. The van der Waals surface area contributed by atoms with Crippen molar-refractivity contribution in [1.29, 1.82) is 0 Å². The van der Waals surface area contributed by atoms with Crippen LogP contribution in [0, 0.1) is 12.7 Å². The molecule has 25 heavy (non-hydrogen) atoms. The number of methoxy groups -OCH3 is 1. The van der Waals surface area contributed by atoms with Gasteiger partial charge in [0.2, 0.25) is 0 Å². The number of hydrogen-bond acceptors (Lipinski definition) is 5. The van der Waals surface area contributed by atoms with Gasteiger partial charge in [-0.1, -0.05) is 17.7 Å². The van der Waals surface area contributed by atoms with Crippen LogP contribution < -0.4 is 10.1 Å². The fourth-order valence-electron chi connectivity index (χ4n) is 3.12. The Morgan fingerprint density at radius 1 is 1.28 bits per heavy atom. The van der Waals surface area contributed by atoms with Crippen molar-refractivity contribution in [1.82, 2.24) is 14.9 Å². The van der Waals surface area contributed by atoms with E-state index in [1.807, 2.05) is 13.0 Å². The minimum absolute atomic E-state index is 0.283. The van der Waals surface area contributed by atoms with Crippen molar-refractivity contribution >= 4 is 17.4 Å². The maximum Gasteiger partial charge on any atom is 0.165 e. The number of anilines is 1. The van der Waals surface area contributed by atoms with E-state index in [-0.39, 0.29) is 11.6 Å². The average Bonchev–Trinajstić information content (AvgIpc) is 2.56. The second kappa shape index (κ2) is 7.97. The summed E-state index contributed by atoms with van der Waals surface area (Å²) < 4.78 is 18.8. The van der Waals surface area contributed by atoms with Crippen LogP contribution in [0.15, 0.2) is 24.3 Å². The van der Waals surface area contributed by atoms with Crippen LogP contribution in [0.3, 0.4) is 0 Å². The van der Waals surface area contributed by atoms with Gasteiger partial charge < -0.3 is 10.1 Å². The largest absolute Gasteiger partial charge is 0.494 e. The first-order chi connectivity index (χ1) is 12.0. The molecule has 134 valence electrons. The number of likely N-dealkylation sites (tertiary alicyclic amines) is 1. The van der Waals surface area contributed by atoms with Crippen LogP contribution in [-0.4, -0.2) is 41.1 Å². The van der Waals surface area contributed by atoms with Crippen LogP contribution in [0.1, 0.15) is 24.2 Å². The van der Waals surface area contributed by atoms with Crippen molar-refractivity contribution in [3.05, 3.63) is 46.6 Å². The van der Waals surface area contributed by atoms with Crippen LogP contribution >= 0.6 is 11.6 Å². The number of piperidine rings is 1. The van der Waals surface area contributed by atoms with Gasteiger partial charge >= 0.3 is 0 Å². The Balaban J connectivity index is 1.52. The van der Waals surface area contributed by atoms with E-state index in [0.29, 0.717) is 17.0 Å². The number of hydrogen-bond donors (Lipinski definition) is 1. The van der Waals surface area contributed by atoms with Crippen molar-refractivity contribution < 1.29 is 9.13 Å². The number of aromatic nitrogens is 2. The smallest absolute Gasteiger partial charge is 0.165 e. The zero-order chi connectivity index (χ0) is 17.8. The molecule has 0 saturated carbocycles. The first kappa shape index (κ1) is 17.9. The molecule has 1 aromatic heterocycles. The van der Waals surface area contributed by atoms with Crippen molar-refractivity contribution in [2.75, 3.05) is 25.5 Å². The van der Waals surface area contributed by atoms with Crippen LogP contribution in [0.4, 0.5) is 10.2 Å². The molecule has 1 aliphatic heterocycles. The molecule has 0 atom stereocenters. The third-order valence-electron chi connectivity index (χ3n) is 4.37. The lowest BCUT2D eigenvalue weighted by atomic mass is 10.0. The number of halogens is 2. The summed E-state index contributed by atoms with van der Waals surface area (Å²) in [7, 11) is 1.47. The summed E-state index contributed by atoms with van der Waals surface area (Å²) >= 11 is 5.98. The molecular weight excluding hydrogens is 343 g/mol. The Hall–Kier alpha value is -1.92. The fraction of sp³-hybridized carbons (Fsp3) is 0.444. The lowest BCUT2D eigenvalue weighted by Gasteiger charge is -2.32. The van der Waals surface area contributed by atoms with E-state index in [4.69, 9.17) is 16.3 Å². The normalized spacial score (nSPS) is 16.0. The Morgan fingerprint density at radius 3 is 2.68 bits per heavy atom. The molecule has 7 heteroatoms. The van der Waals surface area contributed by atoms with Gasteiger partial charge in [-0.25, -0.2) is 14.4 Å². The van der Waals surface area contributed by atoms with E-state index < -0.39 is 0 Å². The summed E-state index contributed by atoms with van der Waals surface area (Å²) in [5.74, 6) is 1.40. The summed E-state index contributed by atoms with van der Waals surface area (Å²) in [6.45, 7) is 4.46. The number of aryl methyl sites for hydroxylation is 1. The lowest BCUT2D eigenvalue weighted by molar-refractivity contribution is 0.211. The third kappa shape index (κ3) is 4.80. The topological polar surface area (TPSA) is 50.3 Å². The van der Waals surface area contributed by atoms with Gasteiger partial charge in [-0.3, -0.25) is 4.90 Å². The minimum atomic E-state index is -0.312. The van der Waals surface area contributed by atoms with Crippen LogP contribution in [0.5, 0.6) is 5.75 Å². The molecule has 1 saturated heterocycles. The number of nitrogens with zero attached hydrogens (tertiary/aromatic N) is 3. The summed E-state index contributed by atoms with van der Waals surface area (Å²) in [6.07, 6.45) is 2.00. The fourth-order valence-corrected chi connectivity index (χ4v) is 3.34. The van der Waals surface area contributed by atoms with E-state index >= 15 is 0 Å². The molecule has 5 nitrogen and oxygen atoms in total. The van der Waals surface area contributed by atoms with E-state index in [9.17, 15) is 4.39 Å². The van der Waals surface area contributed by atoms with Crippen LogP contribution in [0.25, 0.3) is 0 Å². The van der Waals surface area contributed by atoms with E-state index in [0.717, 1.165) is 43.9 Å². The highest BCUT2D eigenvalue weighted by molar-refractivity contribution is 6.29. The first-order valence-corrected chi connectivity index (χ1v) is 8.74. The second-order valence-electron chi connectivity index (χ2n) is 6.29. The first-order valence-electron chi connectivity index (χ1n) is 8.36. The van der Waals surface area contributed by atoms with Gasteiger partial charge in [0.25, 0.3) is 0 Å². The molecule has 1 aromatic carbocycles. The van der Waals surface area contributed by atoms with Crippen molar-refractivity contribution in [2.45, 2.75) is 32.4 Å². The molecule has 0 bridgehead atoms. The molecule has 0 unspecified atom stereocenters. The van der Waals surface area contributed by atoms with Gasteiger partial charge in [-0.05, 0) is 37.5 Å². The molecule has 1 fully saturated rings. The number of rotatable bonds is 5. The van der Waals surface area contributed by atoms with E-state index in [1.165, 1.54) is 7.11 Å². The van der Waals surface area contributed by atoms with E-state index in [2.05, 4.69) is 20.2 Å². The van der Waals surface area contributed by atoms with Crippen molar-refractivity contribution in [3.8, 4) is 5.75 Å². The number of ether oxygens (including phenoxy) is 1. The van der Waals surface area contributed by atoms with Gasteiger partial charge in [0.1, 0.15) is 16.8 Å². The quantitative estimate of drug-likeness (QED) is 0.820. The highest BCUT2D eigenvalue weighted by atomic mass is 35.5. The molecule has 2 heterocycles. The van der Waals surface area contributed by atoms with Crippen molar-refractivity contribution in [3.63, 3.8) is 0 Å². The maximum absolute atomic E-state index is 13.8. The highest BCUT2D eigenvalue weighted by Gasteiger charge is 2.20. The molecule has 2 aromatic rings. The Labute approximate surface area is 152 Å².